The highest BCUT2D eigenvalue weighted by molar-refractivity contribution is 5.90. The fraction of sp³-hybridized carbons (Fsp3) is 0.417. The van der Waals surface area contributed by atoms with Crippen LogP contribution in [0.2, 0.25) is 0 Å². The summed E-state index contributed by atoms with van der Waals surface area (Å²) in [5.41, 5.74) is 2.90. The van der Waals surface area contributed by atoms with Crippen LogP contribution >= 0.6 is 0 Å². The van der Waals surface area contributed by atoms with Crippen LogP contribution in [0.25, 0.3) is 0 Å². The van der Waals surface area contributed by atoms with E-state index in [2.05, 4.69) is 20.4 Å². The summed E-state index contributed by atoms with van der Waals surface area (Å²) in [6, 6.07) is 0. The first-order valence-electron chi connectivity index (χ1n) is 5.85. The van der Waals surface area contributed by atoms with E-state index in [0.29, 0.717) is 12.8 Å². The lowest BCUT2D eigenvalue weighted by Crippen LogP contribution is -2.15. The summed E-state index contributed by atoms with van der Waals surface area (Å²) in [6.45, 7) is 3.88. The van der Waals surface area contributed by atoms with E-state index in [-0.39, 0.29) is 5.91 Å². The molecule has 0 unspecified atom stereocenters. The van der Waals surface area contributed by atoms with Crippen molar-refractivity contribution in [3.05, 3.63) is 29.5 Å². The monoisotopic (exact) mass is 247 g/mol. The van der Waals surface area contributed by atoms with Gasteiger partial charge in [-0.3, -0.25) is 9.48 Å². The van der Waals surface area contributed by atoms with E-state index in [4.69, 9.17) is 0 Å². The van der Waals surface area contributed by atoms with Crippen LogP contribution in [0.1, 0.15) is 23.4 Å². The van der Waals surface area contributed by atoms with Gasteiger partial charge in [-0.15, -0.1) is 0 Å². The van der Waals surface area contributed by atoms with Crippen LogP contribution < -0.4 is 5.32 Å². The number of H-pyrrole nitrogens is 1. The van der Waals surface area contributed by atoms with Crippen LogP contribution in [0, 0.1) is 13.8 Å². The first-order valence-corrected chi connectivity index (χ1v) is 5.85. The molecule has 0 saturated carbocycles. The summed E-state index contributed by atoms with van der Waals surface area (Å²) in [7, 11) is 1.82. The fourth-order valence-electron chi connectivity index (χ4n) is 1.80. The smallest absolute Gasteiger partial charge is 0.225 e. The summed E-state index contributed by atoms with van der Waals surface area (Å²) in [5.74, 6) is 0.748. The molecule has 1 amide bonds. The van der Waals surface area contributed by atoms with E-state index in [1.165, 1.54) is 0 Å². The van der Waals surface area contributed by atoms with Crippen molar-refractivity contribution in [3.8, 4) is 0 Å². The Labute approximate surface area is 105 Å². The van der Waals surface area contributed by atoms with E-state index >= 15 is 0 Å². The molecule has 0 fully saturated rings. The van der Waals surface area contributed by atoms with Gasteiger partial charge in [-0.25, -0.2) is 4.98 Å². The van der Waals surface area contributed by atoms with Gasteiger partial charge in [0.25, 0.3) is 0 Å². The van der Waals surface area contributed by atoms with Crippen molar-refractivity contribution in [2.45, 2.75) is 26.7 Å². The third-order valence-corrected chi connectivity index (χ3v) is 2.96. The number of imidazole rings is 1. The number of aryl methyl sites for hydroxylation is 3. The van der Waals surface area contributed by atoms with Crippen molar-refractivity contribution in [2.24, 2.45) is 7.05 Å². The topological polar surface area (TPSA) is 75.6 Å². The van der Waals surface area contributed by atoms with Crippen molar-refractivity contribution in [1.29, 1.82) is 0 Å². The highest BCUT2D eigenvalue weighted by Crippen LogP contribution is 2.17. The van der Waals surface area contributed by atoms with Crippen molar-refractivity contribution in [3.63, 3.8) is 0 Å². The summed E-state index contributed by atoms with van der Waals surface area (Å²) in [6.07, 6.45) is 4.42. The van der Waals surface area contributed by atoms with Gasteiger partial charge in [0.2, 0.25) is 5.91 Å². The highest BCUT2D eigenvalue weighted by Gasteiger charge is 2.12. The Hall–Kier alpha value is -2.11. The van der Waals surface area contributed by atoms with Crippen molar-refractivity contribution in [2.75, 3.05) is 5.32 Å². The fourth-order valence-corrected chi connectivity index (χ4v) is 1.80. The Balaban J connectivity index is 1.95. The standard InChI is InChI=1S/C12H17N5O/c1-8-9(2)16-17(3)12(8)15-11(18)5-4-10-6-13-7-14-10/h6-7H,4-5H2,1-3H3,(H,13,14)(H,15,18). The average molecular weight is 247 g/mol. The van der Waals surface area contributed by atoms with Gasteiger partial charge in [0.1, 0.15) is 5.82 Å². The molecule has 2 N–H and O–H groups in total. The molecule has 0 aliphatic rings. The lowest BCUT2D eigenvalue weighted by Gasteiger charge is -2.06. The van der Waals surface area contributed by atoms with E-state index < -0.39 is 0 Å². The molecule has 96 valence electrons. The van der Waals surface area contributed by atoms with E-state index in [1.54, 1.807) is 17.2 Å². The Kier molecular flexibility index (Phi) is 3.45. The molecule has 0 bridgehead atoms. The van der Waals surface area contributed by atoms with Crippen molar-refractivity contribution < 1.29 is 4.79 Å². The van der Waals surface area contributed by atoms with E-state index in [9.17, 15) is 4.79 Å². The van der Waals surface area contributed by atoms with Gasteiger partial charge < -0.3 is 10.3 Å². The Morgan fingerprint density at radius 3 is 2.83 bits per heavy atom. The van der Waals surface area contributed by atoms with Crippen LogP contribution in [-0.4, -0.2) is 25.7 Å². The zero-order valence-electron chi connectivity index (χ0n) is 10.8. The molecule has 0 aliphatic heterocycles. The van der Waals surface area contributed by atoms with Gasteiger partial charge in [-0.2, -0.15) is 5.10 Å². The minimum absolute atomic E-state index is 0.0179. The molecule has 0 aromatic carbocycles. The van der Waals surface area contributed by atoms with Crippen molar-refractivity contribution >= 4 is 11.7 Å². The van der Waals surface area contributed by atoms with Gasteiger partial charge in [0.15, 0.2) is 0 Å². The third-order valence-electron chi connectivity index (χ3n) is 2.96. The molecule has 0 aliphatic carbocycles. The number of amides is 1. The molecule has 0 radical (unpaired) electrons. The predicted molar refractivity (Wildman–Crippen MR) is 68.2 cm³/mol. The number of nitrogens with one attached hydrogen (secondary N) is 2. The first kappa shape index (κ1) is 12.3. The summed E-state index contributed by atoms with van der Waals surface area (Å²) in [5, 5.41) is 7.15. The molecule has 2 aromatic rings. The molecular weight excluding hydrogens is 230 g/mol. The van der Waals surface area contributed by atoms with Gasteiger partial charge in [-0.1, -0.05) is 0 Å². The quantitative estimate of drug-likeness (QED) is 0.855. The van der Waals surface area contributed by atoms with Gasteiger partial charge in [-0.05, 0) is 20.3 Å². The number of hydrogen-bond donors (Lipinski definition) is 2. The average Bonchev–Trinajstić information content (AvgIpc) is 2.92. The van der Waals surface area contributed by atoms with Crippen LogP contribution in [-0.2, 0) is 18.3 Å². The number of hydrogen-bond acceptors (Lipinski definition) is 3. The third kappa shape index (κ3) is 2.58. The first-order chi connectivity index (χ1) is 8.58. The second kappa shape index (κ2) is 5.03. The second-order valence-electron chi connectivity index (χ2n) is 4.31. The summed E-state index contributed by atoms with van der Waals surface area (Å²) < 4.78 is 1.69. The number of rotatable bonds is 4. The number of carbonyl (C=O) groups is 1. The SMILES string of the molecule is Cc1nn(C)c(NC(=O)CCc2cnc[nH]2)c1C. The minimum atomic E-state index is -0.0179. The molecule has 18 heavy (non-hydrogen) atoms. The van der Waals surface area contributed by atoms with Crippen LogP contribution in [0.3, 0.4) is 0 Å². The molecule has 0 atom stereocenters. The molecule has 6 nitrogen and oxygen atoms in total. The molecular formula is C12H17N5O. The molecule has 2 heterocycles. The zero-order chi connectivity index (χ0) is 13.1. The molecule has 2 aromatic heterocycles. The maximum Gasteiger partial charge on any atom is 0.225 e. The van der Waals surface area contributed by atoms with E-state index in [0.717, 1.165) is 22.8 Å². The number of carbonyl (C=O) groups excluding carboxylic acids is 1. The Bertz CT molecular complexity index is 541. The number of anilines is 1. The van der Waals surface area contributed by atoms with E-state index in [1.807, 2.05) is 20.9 Å². The largest absolute Gasteiger partial charge is 0.348 e. The maximum absolute atomic E-state index is 11.8. The van der Waals surface area contributed by atoms with Crippen LogP contribution in [0.15, 0.2) is 12.5 Å². The molecule has 2 rings (SSSR count). The maximum atomic E-state index is 11.8. The van der Waals surface area contributed by atoms with Crippen molar-refractivity contribution in [1.82, 2.24) is 19.7 Å². The number of aromatic amines is 1. The minimum Gasteiger partial charge on any atom is -0.348 e. The number of aromatic nitrogens is 4. The predicted octanol–water partition coefficient (Wildman–Crippen LogP) is 1.33. The summed E-state index contributed by atoms with van der Waals surface area (Å²) >= 11 is 0. The molecule has 0 saturated heterocycles. The molecule has 6 heteroatoms. The van der Waals surface area contributed by atoms with Crippen LogP contribution in [0.4, 0.5) is 5.82 Å². The van der Waals surface area contributed by atoms with Gasteiger partial charge >= 0.3 is 0 Å². The van der Waals surface area contributed by atoms with Gasteiger partial charge in [0, 0.05) is 30.9 Å². The Morgan fingerprint density at radius 2 is 2.28 bits per heavy atom. The Morgan fingerprint density at radius 1 is 1.50 bits per heavy atom. The highest BCUT2D eigenvalue weighted by atomic mass is 16.1. The summed E-state index contributed by atoms with van der Waals surface area (Å²) in [4.78, 5) is 18.7. The lowest BCUT2D eigenvalue weighted by atomic mass is 10.2. The van der Waals surface area contributed by atoms with Gasteiger partial charge in [0.05, 0.1) is 12.0 Å². The normalized spacial score (nSPS) is 10.6. The second-order valence-corrected chi connectivity index (χ2v) is 4.31. The lowest BCUT2D eigenvalue weighted by molar-refractivity contribution is -0.116. The van der Waals surface area contributed by atoms with Crippen LogP contribution in [0.5, 0.6) is 0 Å². The number of nitrogens with zero attached hydrogens (tertiary/aromatic N) is 3. The zero-order valence-corrected chi connectivity index (χ0v) is 10.8. The molecule has 0 spiro atoms.